The molecule has 2 aromatic carbocycles. The highest BCUT2D eigenvalue weighted by atomic mass is 79.9. The number of rotatable bonds is 4. The third-order valence-corrected chi connectivity index (χ3v) is 3.85. The van der Waals surface area contributed by atoms with E-state index in [1.807, 2.05) is 36.4 Å². The molecule has 0 heterocycles. The second kappa shape index (κ2) is 6.62. The molecule has 100 valence electrons. The predicted molar refractivity (Wildman–Crippen MR) is 86.0 cm³/mol. The van der Waals surface area contributed by atoms with Crippen molar-refractivity contribution < 1.29 is 0 Å². The van der Waals surface area contributed by atoms with Gasteiger partial charge < -0.3 is 11.1 Å². The quantitative estimate of drug-likeness (QED) is 0.817. The highest BCUT2D eigenvalue weighted by Crippen LogP contribution is 2.28. The van der Waals surface area contributed by atoms with Crippen LogP contribution in [0.2, 0.25) is 10.0 Å². The van der Waals surface area contributed by atoms with Gasteiger partial charge in [-0.3, -0.25) is 0 Å². The summed E-state index contributed by atoms with van der Waals surface area (Å²) in [6, 6.07) is 13.3. The number of nitrogens with two attached hydrogens (primary N) is 1. The minimum Gasteiger partial charge on any atom is -0.376 e. The highest BCUT2D eigenvalue weighted by molar-refractivity contribution is 9.10. The summed E-state index contributed by atoms with van der Waals surface area (Å²) in [6.07, 6.45) is 0. The van der Waals surface area contributed by atoms with E-state index in [2.05, 4.69) is 21.2 Å². The molecule has 0 bridgehead atoms. The van der Waals surface area contributed by atoms with Crippen molar-refractivity contribution in [1.29, 1.82) is 0 Å². The Morgan fingerprint density at radius 1 is 1.11 bits per heavy atom. The van der Waals surface area contributed by atoms with Crippen molar-refractivity contribution in [1.82, 2.24) is 0 Å². The SMILES string of the molecule is NCC(Nc1ccccc1Br)c1cc(Cl)cc(Cl)c1. The van der Waals surface area contributed by atoms with Crippen molar-refractivity contribution in [3.05, 3.63) is 62.5 Å². The van der Waals surface area contributed by atoms with Crippen LogP contribution in [0.25, 0.3) is 0 Å². The van der Waals surface area contributed by atoms with Gasteiger partial charge >= 0.3 is 0 Å². The summed E-state index contributed by atoms with van der Waals surface area (Å²) in [5.41, 5.74) is 7.79. The molecular weight excluding hydrogens is 347 g/mol. The molecule has 1 atom stereocenters. The van der Waals surface area contributed by atoms with Crippen LogP contribution in [0.15, 0.2) is 46.9 Å². The summed E-state index contributed by atoms with van der Waals surface area (Å²) >= 11 is 15.5. The summed E-state index contributed by atoms with van der Waals surface area (Å²) in [5.74, 6) is 0. The van der Waals surface area contributed by atoms with Gasteiger partial charge in [-0.05, 0) is 51.8 Å². The number of hydrogen-bond donors (Lipinski definition) is 2. The zero-order chi connectivity index (χ0) is 13.8. The maximum absolute atomic E-state index is 6.02. The van der Waals surface area contributed by atoms with Crippen molar-refractivity contribution in [3.8, 4) is 0 Å². The Kier molecular flexibility index (Phi) is 5.11. The van der Waals surface area contributed by atoms with E-state index >= 15 is 0 Å². The fourth-order valence-corrected chi connectivity index (χ4v) is 2.76. The lowest BCUT2D eigenvalue weighted by Crippen LogP contribution is -2.20. The van der Waals surface area contributed by atoms with Crippen LogP contribution in [0.5, 0.6) is 0 Å². The summed E-state index contributed by atoms with van der Waals surface area (Å²) in [6.45, 7) is 0.442. The molecule has 0 aliphatic carbocycles. The molecular formula is C14H13BrCl2N2. The van der Waals surface area contributed by atoms with E-state index in [0.717, 1.165) is 15.7 Å². The fourth-order valence-electron chi connectivity index (χ4n) is 1.82. The van der Waals surface area contributed by atoms with Crippen molar-refractivity contribution in [2.24, 2.45) is 5.73 Å². The average Bonchev–Trinajstić information content (AvgIpc) is 2.36. The molecule has 0 saturated carbocycles. The molecule has 0 radical (unpaired) electrons. The lowest BCUT2D eigenvalue weighted by atomic mass is 10.1. The van der Waals surface area contributed by atoms with Crippen LogP contribution in [0.1, 0.15) is 11.6 Å². The molecule has 5 heteroatoms. The maximum atomic E-state index is 6.02. The Labute approximate surface area is 131 Å². The van der Waals surface area contributed by atoms with Crippen LogP contribution in [-0.4, -0.2) is 6.54 Å². The molecule has 2 aromatic rings. The van der Waals surface area contributed by atoms with Gasteiger partial charge in [-0.15, -0.1) is 0 Å². The molecule has 2 nitrogen and oxygen atoms in total. The van der Waals surface area contributed by atoms with Gasteiger partial charge in [-0.1, -0.05) is 35.3 Å². The Bertz CT molecular complexity index is 555. The first kappa shape index (κ1) is 14.7. The van der Waals surface area contributed by atoms with Crippen LogP contribution < -0.4 is 11.1 Å². The van der Waals surface area contributed by atoms with Gasteiger partial charge in [0.2, 0.25) is 0 Å². The number of benzene rings is 2. The van der Waals surface area contributed by atoms with Gasteiger partial charge in [0, 0.05) is 26.8 Å². The van der Waals surface area contributed by atoms with E-state index in [9.17, 15) is 0 Å². The summed E-state index contributed by atoms with van der Waals surface area (Å²) in [4.78, 5) is 0. The third kappa shape index (κ3) is 3.86. The maximum Gasteiger partial charge on any atom is 0.0637 e. The smallest absolute Gasteiger partial charge is 0.0637 e. The monoisotopic (exact) mass is 358 g/mol. The van der Waals surface area contributed by atoms with E-state index in [1.54, 1.807) is 6.07 Å². The molecule has 0 spiro atoms. The van der Waals surface area contributed by atoms with Crippen molar-refractivity contribution >= 4 is 44.8 Å². The van der Waals surface area contributed by atoms with Gasteiger partial charge in [0.15, 0.2) is 0 Å². The fraction of sp³-hybridized carbons (Fsp3) is 0.143. The molecule has 0 aliphatic rings. The second-order valence-electron chi connectivity index (χ2n) is 4.12. The molecule has 19 heavy (non-hydrogen) atoms. The van der Waals surface area contributed by atoms with Crippen LogP contribution in [0.4, 0.5) is 5.69 Å². The number of hydrogen-bond acceptors (Lipinski definition) is 2. The van der Waals surface area contributed by atoms with Crippen LogP contribution in [0.3, 0.4) is 0 Å². The van der Waals surface area contributed by atoms with Gasteiger partial charge in [0.05, 0.1) is 6.04 Å². The molecule has 1 unspecified atom stereocenters. The minimum atomic E-state index is -0.0464. The summed E-state index contributed by atoms with van der Waals surface area (Å²) in [5, 5.41) is 4.59. The van der Waals surface area contributed by atoms with E-state index in [4.69, 9.17) is 28.9 Å². The lowest BCUT2D eigenvalue weighted by molar-refractivity contribution is 0.789. The molecule has 3 N–H and O–H groups in total. The molecule has 0 amide bonds. The van der Waals surface area contributed by atoms with Gasteiger partial charge in [-0.2, -0.15) is 0 Å². The number of anilines is 1. The largest absolute Gasteiger partial charge is 0.376 e. The summed E-state index contributed by atoms with van der Waals surface area (Å²) < 4.78 is 0.988. The Morgan fingerprint density at radius 2 is 1.74 bits per heavy atom. The van der Waals surface area contributed by atoms with Gasteiger partial charge in [0.25, 0.3) is 0 Å². The van der Waals surface area contributed by atoms with Crippen molar-refractivity contribution in [2.75, 3.05) is 11.9 Å². The van der Waals surface area contributed by atoms with Gasteiger partial charge in [0.1, 0.15) is 0 Å². The lowest BCUT2D eigenvalue weighted by Gasteiger charge is -2.20. The molecule has 0 aliphatic heterocycles. The van der Waals surface area contributed by atoms with Crippen LogP contribution in [0, 0.1) is 0 Å². The van der Waals surface area contributed by atoms with E-state index in [1.165, 1.54) is 0 Å². The van der Waals surface area contributed by atoms with E-state index in [0.29, 0.717) is 16.6 Å². The topological polar surface area (TPSA) is 38.0 Å². The highest BCUT2D eigenvalue weighted by Gasteiger charge is 2.12. The third-order valence-electron chi connectivity index (χ3n) is 2.73. The van der Waals surface area contributed by atoms with Crippen molar-refractivity contribution in [2.45, 2.75) is 6.04 Å². The summed E-state index contributed by atoms with van der Waals surface area (Å²) in [7, 11) is 0. The normalized spacial score (nSPS) is 12.2. The Morgan fingerprint density at radius 3 is 2.32 bits per heavy atom. The first-order valence-electron chi connectivity index (χ1n) is 5.77. The predicted octanol–water partition coefficient (Wildman–Crippen LogP) is 4.87. The van der Waals surface area contributed by atoms with Crippen LogP contribution >= 0.6 is 39.1 Å². The first-order chi connectivity index (χ1) is 9.10. The zero-order valence-corrected chi connectivity index (χ0v) is 13.1. The number of halogens is 3. The number of nitrogens with one attached hydrogen (secondary N) is 1. The van der Waals surface area contributed by atoms with Crippen molar-refractivity contribution in [3.63, 3.8) is 0 Å². The van der Waals surface area contributed by atoms with E-state index in [-0.39, 0.29) is 6.04 Å². The Hall–Kier alpha value is -0.740. The van der Waals surface area contributed by atoms with Crippen LogP contribution in [-0.2, 0) is 0 Å². The molecule has 0 aromatic heterocycles. The van der Waals surface area contributed by atoms with E-state index < -0.39 is 0 Å². The van der Waals surface area contributed by atoms with Gasteiger partial charge in [-0.25, -0.2) is 0 Å². The zero-order valence-electron chi connectivity index (χ0n) is 10.0. The molecule has 0 fully saturated rings. The number of para-hydroxylation sites is 1. The molecule has 0 saturated heterocycles. The average molecular weight is 360 g/mol. The molecule has 2 rings (SSSR count). The first-order valence-corrected chi connectivity index (χ1v) is 7.32. The second-order valence-corrected chi connectivity index (χ2v) is 5.84. The minimum absolute atomic E-state index is 0.0464. The Balaban J connectivity index is 2.28. The standard InChI is InChI=1S/C14H13BrCl2N2/c15-12-3-1-2-4-13(12)19-14(8-18)9-5-10(16)7-11(17)6-9/h1-7,14,19H,8,18H2.